The highest BCUT2D eigenvalue weighted by atomic mass is 32.2. The summed E-state index contributed by atoms with van der Waals surface area (Å²) in [5, 5.41) is 5.69. The molecule has 3 rings (SSSR count). The van der Waals surface area contributed by atoms with Gasteiger partial charge in [-0.1, -0.05) is 24.3 Å². The highest BCUT2D eigenvalue weighted by molar-refractivity contribution is 8.00. The maximum absolute atomic E-state index is 13.2. The third-order valence-electron chi connectivity index (χ3n) is 4.91. The second kappa shape index (κ2) is 9.75. The van der Waals surface area contributed by atoms with Crippen molar-refractivity contribution in [1.82, 2.24) is 10.2 Å². The molecule has 1 aliphatic rings. The van der Waals surface area contributed by atoms with E-state index in [4.69, 9.17) is 0 Å². The first-order valence-electron chi connectivity index (χ1n) is 9.58. The maximum Gasteiger partial charge on any atom is 0.234 e. The Kier molecular flexibility index (Phi) is 7.10. The summed E-state index contributed by atoms with van der Waals surface area (Å²) >= 11 is 1.20. The lowest BCUT2D eigenvalue weighted by molar-refractivity contribution is -0.127. The summed E-state index contributed by atoms with van der Waals surface area (Å²) in [5.41, 5.74) is 2.53. The van der Waals surface area contributed by atoms with Crippen LogP contribution in [0.25, 0.3) is 0 Å². The topological polar surface area (TPSA) is 78.5 Å². The predicted octanol–water partition coefficient (Wildman–Crippen LogP) is 2.89. The number of carbonyl (C=O) groups excluding carboxylic acids is 3. The zero-order valence-corrected chi connectivity index (χ0v) is 17.7. The van der Waals surface area contributed by atoms with E-state index in [9.17, 15) is 18.8 Å². The Morgan fingerprint density at radius 2 is 1.83 bits per heavy atom. The number of rotatable bonds is 7. The van der Waals surface area contributed by atoms with Crippen molar-refractivity contribution in [2.45, 2.75) is 25.4 Å². The molecule has 0 aromatic heterocycles. The van der Waals surface area contributed by atoms with Crippen molar-refractivity contribution in [2.24, 2.45) is 0 Å². The number of thioether (sulfide) groups is 1. The molecule has 0 aliphatic carbocycles. The van der Waals surface area contributed by atoms with Gasteiger partial charge in [0.1, 0.15) is 5.82 Å². The van der Waals surface area contributed by atoms with Crippen LogP contribution in [0.3, 0.4) is 0 Å². The smallest absolute Gasteiger partial charge is 0.234 e. The zero-order chi connectivity index (χ0) is 21.7. The number of aryl methyl sites for hydroxylation is 1. The van der Waals surface area contributed by atoms with Gasteiger partial charge in [0.25, 0.3) is 0 Å². The molecule has 1 heterocycles. The number of hydrogen-bond acceptors (Lipinski definition) is 4. The molecule has 6 nitrogen and oxygen atoms in total. The fourth-order valence-electron chi connectivity index (χ4n) is 3.52. The van der Waals surface area contributed by atoms with E-state index in [0.717, 1.165) is 16.8 Å². The third-order valence-corrected chi connectivity index (χ3v) is 5.84. The quantitative estimate of drug-likeness (QED) is 0.710. The van der Waals surface area contributed by atoms with Gasteiger partial charge < -0.3 is 15.5 Å². The molecule has 2 aromatic carbocycles. The van der Waals surface area contributed by atoms with E-state index < -0.39 is 6.04 Å². The second-order valence-corrected chi connectivity index (χ2v) is 8.28. The molecule has 0 saturated carbocycles. The lowest BCUT2D eigenvalue weighted by Gasteiger charge is -2.26. The lowest BCUT2D eigenvalue weighted by Crippen LogP contribution is -2.40. The van der Waals surface area contributed by atoms with Gasteiger partial charge in [0.2, 0.25) is 17.7 Å². The third kappa shape index (κ3) is 5.60. The molecular formula is C22H24FN3O3S. The average molecular weight is 430 g/mol. The van der Waals surface area contributed by atoms with E-state index in [2.05, 4.69) is 10.6 Å². The van der Waals surface area contributed by atoms with Crippen LogP contribution in [0, 0.1) is 12.7 Å². The van der Waals surface area contributed by atoms with Crippen molar-refractivity contribution in [1.29, 1.82) is 0 Å². The Hall–Kier alpha value is -2.87. The molecule has 0 radical (unpaired) electrons. The van der Waals surface area contributed by atoms with Crippen LogP contribution in [0.2, 0.25) is 0 Å². The number of halogens is 1. The summed E-state index contributed by atoms with van der Waals surface area (Å²) in [7, 11) is 1.67. The van der Waals surface area contributed by atoms with Crippen molar-refractivity contribution in [3.8, 4) is 0 Å². The number of nitrogens with one attached hydrogen (secondary N) is 2. The number of amides is 3. The van der Waals surface area contributed by atoms with Gasteiger partial charge in [-0.3, -0.25) is 14.4 Å². The van der Waals surface area contributed by atoms with Gasteiger partial charge in [0, 0.05) is 19.2 Å². The number of anilines is 1. The summed E-state index contributed by atoms with van der Waals surface area (Å²) in [6.07, 6.45) is 0.183. The lowest BCUT2D eigenvalue weighted by atomic mass is 10.00. The molecule has 1 saturated heterocycles. The van der Waals surface area contributed by atoms with Crippen LogP contribution in [0.4, 0.5) is 10.1 Å². The minimum absolute atomic E-state index is 0.0835. The van der Waals surface area contributed by atoms with Crippen LogP contribution in [-0.2, 0) is 14.4 Å². The first kappa shape index (κ1) is 21.8. The Balaban J connectivity index is 1.50. The van der Waals surface area contributed by atoms with Crippen LogP contribution >= 0.6 is 11.8 Å². The first-order valence-corrected chi connectivity index (χ1v) is 10.7. The Morgan fingerprint density at radius 1 is 1.13 bits per heavy atom. The monoisotopic (exact) mass is 429 g/mol. The molecule has 0 unspecified atom stereocenters. The fraction of sp³-hybridized carbons (Fsp3) is 0.318. The maximum atomic E-state index is 13.2. The van der Waals surface area contributed by atoms with Gasteiger partial charge in [0.15, 0.2) is 0 Å². The minimum atomic E-state index is -0.401. The second-order valence-electron chi connectivity index (χ2n) is 7.29. The largest absolute Gasteiger partial charge is 0.350 e. The molecular weight excluding hydrogens is 405 g/mol. The molecule has 0 spiro atoms. The molecule has 2 aromatic rings. The van der Waals surface area contributed by atoms with Crippen LogP contribution < -0.4 is 10.6 Å². The summed E-state index contributed by atoms with van der Waals surface area (Å²) in [6, 6.07) is 12.7. The van der Waals surface area contributed by atoms with E-state index >= 15 is 0 Å². The van der Waals surface area contributed by atoms with E-state index in [1.165, 1.54) is 23.9 Å². The van der Waals surface area contributed by atoms with Crippen LogP contribution in [0.15, 0.2) is 48.5 Å². The molecule has 8 heteroatoms. The number of carbonyl (C=O) groups is 3. The van der Waals surface area contributed by atoms with Crippen molar-refractivity contribution < 1.29 is 18.8 Å². The molecule has 2 N–H and O–H groups in total. The van der Waals surface area contributed by atoms with E-state index in [0.29, 0.717) is 0 Å². The van der Waals surface area contributed by atoms with Crippen molar-refractivity contribution in [3.63, 3.8) is 0 Å². The average Bonchev–Trinajstić information content (AvgIpc) is 2.96. The SMILES string of the molecule is Cc1cccc(NC(=O)CSCC(=O)N[C@@H]2CC(=O)N(C)[C@H]2c2ccc(F)cc2)c1. The zero-order valence-electron chi connectivity index (χ0n) is 16.9. The molecule has 2 atom stereocenters. The van der Waals surface area contributed by atoms with E-state index in [1.54, 1.807) is 24.1 Å². The minimum Gasteiger partial charge on any atom is -0.350 e. The van der Waals surface area contributed by atoms with Gasteiger partial charge in [-0.15, -0.1) is 11.8 Å². The van der Waals surface area contributed by atoms with Crippen molar-refractivity contribution in [3.05, 3.63) is 65.5 Å². The van der Waals surface area contributed by atoms with E-state index in [1.807, 2.05) is 31.2 Å². The molecule has 158 valence electrons. The summed E-state index contributed by atoms with van der Waals surface area (Å²) in [6.45, 7) is 1.94. The standard InChI is InChI=1S/C22H24FN3O3S/c1-14-4-3-5-17(10-14)24-19(27)12-30-13-20(28)25-18-11-21(29)26(2)22(18)15-6-8-16(23)9-7-15/h3-10,18,22H,11-13H2,1-2H3,(H,24,27)(H,25,28)/t18-,22+/m1/s1. The van der Waals surface area contributed by atoms with Crippen LogP contribution in [0.1, 0.15) is 23.6 Å². The summed E-state index contributed by atoms with van der Waals surface area (Å²) in [4.78, 5) is 38.2. The summed E-state index contributed by atoms with van der Waals surface area (Å²) < 4.78 is 13.2. The highest BCUT2D eigenvalue weighted by Gasteiger charge is 2.39. The van der Waals surface area contributed by atoms with Gasteiger partial charge in [-0.25, -0.2) is 4.39 Å². The van der Waals surface area contributed by atoms with Crippen molar-refractivity contribution >= 4 is 35.2 Å². The van der Waals surface area contributed by atoms with E-state index in [-0.39, 0.29) is 47.5 Å². The van der Waals surface area contributed by atoms with Gasteiger partial charge in [-0.2, -0.15) is 0 Å². The van der Waals surface area contributed by atoms with Crippen molar-refractivity contribution in [2.75, 3.05) is 23.9 Å². The summed E-state index contributed by atoms with van der Waals surface area (Å²) in [5.74, 6) is -0.619. The normalized spacial score (nSPS) is 18.4. The molecule has 1 fully saturated rings. The predicted molar refractivity (Wildman–Crippen MR) is 116 cm³/mol. The first-order chi connectivity index (χ1) is 14.3. The molecule has 3 amide bonds. The Morgan fingerprint density at radius 3 is 2.53 bits per heavy atom. The van der Waals surface area contributed by atoms with Gasteiger partial charge in [0.05, 0.1) is 23.6 Å². The Bertz CT molecular complexity index is 935. The fourth-order valence-corrected chi connectivity index (χ4v) is 4.15. The molecule has 1 aliphatic heterocycles. The van der Waals surface area contributed by atoms with Crippen LogP contribution in [-0.4, -0.2) is 47.2 Å². The highest BCUT2D eigenvalue weighted by Crippen LogP contribution is 2.32. The number of nitrogens with zero attached hydrogens (tertiary/aromatic N) is 1. The number of benzene rings is 2. The Labute approximate surface area is 179 Å². The van der Waals surface area contributed by atoms with Gasteiger partial charge in [-0.05, 0) is 42.3 Å². The number of likely N-dealkylation sites (tertiary alicyclic amines) is 1. The molecule has 0 bridgehead atoms. The molecule has 30 heavy (non-hydrogen) atoms. The van der Waals surface area contributed by atoms with Crippen LogP contribution in [0.5, 0.6) is 0 Å². The number of hydrogen-bond donors (Lipinski definition) is 2. The van der Waals surface area contributed by atoms with Gasteiger partial charge >= 0.3 is 0 Å². The number of likely N-dealkylation sites (N-methyl/N-ethyl adjacent to an activating group) is 1.